The molecule has 0 unspecified atom stereocenters. The minimum atomic E-state index is -0.449. The lowest BCUT2D eigenvalue weighted by Crippen LogP contribution is -2.24. The Morgan fingerprint density at radius 3 is 2.75 bits per heavy atom. The predicted molar refractivity (Wildman–Crippen MR) is 92.7 cm³/mol. The Kier molecular flexibility index (Phi) is 5.92. The summed E-state index contributed by atoms with van der Waals surface area (Å²) in [5, 5.41) is 5.68. The highest BCUT2D eigenvalue weighted by Crippen LogP contribution is 2.27. The van der Waals surface area contributed by atoms with Crippen molar-refractivity contribution in [3.63, 3.8) is 0 Å². The number of pyridine rings is 1. The maximum atomic E-state index is 12.3. The number of carbonyl (C=O) groups is 2. The second-order valence-electron chi connectivity index (χ2n) is 4.73. The first-order valence-corrected chi connectivity index (χ1v) is 7.43. The monoisotopic (exact) mass is 345 g/mol. The van der Waals surface area contributed by atoms with Crippen LogP contribution in [0.5, 0.6) is 5.75 Å². The van der Waals surface area contributed by atoms with E-state index in [-0.39, 0.29) is 11.6 Å². The first-order valence-electron chi connectivity index (χ1n) is 7.05. The third kappa shape index (κ3) is 4.33. The highest BCUT2D eigenvalue weighted by Gasteiger charge is 2.12. The molecule has 2 amide bonds. The van der Waals surface area contributed by atoms with Crippen molar-refractivity contribution in [2.45, 2.75) is 0 Å². The SMILES string of the molecule is C=CCNC(=O)c1ccnc(C(=O)Nc2ccc(OC)c(Cl)c2)c1. The van der Waals surface area contributed by atoms with Crippen LogP contribution in [0.4, 0.5) is 5.69 Å². The molecule has 0 atom stereocenters. The van der Waals surface area contributed by atoms with Crippen LogP contribution in [0.15, 0.2) is 49.2 Å². The molecule has 7 heteroatoms. The summed E-state index contributed by atoms with van der Waals surface area (Å²) < 4.78 is 5.06. The van der Waals surface area contributed by atoms with E-state index in [1.165, 1.54) is 25.4 Å². The van der Waals surface area contributed by atoms with Crippen LogP contribution in [-0.4, -0.2) is 30.5 Å². The van der Waals surface area contributed by atoms with Crippen molar-refractivity contribution >= 4 is 29.1 Å². The van der Waals surface area contributed by atoms with Crippen molar-refractivity contribution in [2.24, 2.45) is 0 Å². The second-order valence-corrected chi connectivity index (χ2v) is 5.14. The van der Waals surface area contributed by atoms with Gasteiger partial charge in [-0.15, -0.1) is 6.58 Å². The van der Waals surface area contributed by atoms with E-state index in [0.29, 0.717) is 28.6 Å². The summed E-state index contributed by atoms with van der Waals surface area (Å²) in [6.07, 6.45) is 2.97. The van der Waals surface area contributed by atoms with E-state index in [4.69, 9.17) is 16.3 Å². The fourth-order valence-electron chi connectivity index (χ4n) is 1.90. The summed E-state index contributed by atoms with van der Waals surface area (Å²) in [6, 6.07) is 7.81. The molecule has 0 aliphatic heterocycles. The molecule has 0 bridgehead atoms. The number of nitrogens with zero attached hydrogens (tertiary/aromatic N) is 1. The van der Waals surface area contributed by atoms with E-state index in [1.54, 1.807) is 24.3 Å². The van der Waals surface area contributed by atoms with E-state index in [1.807, 2.05) is 0 Å². The lowest BCUT2D eigenvalue weighted by Gasteiger charge is -2.08. The zero-order chi connectivity index (χ0) is 17.5. The van der Waals surface area contributed by atoms with Crippen molar-refractivity contribution in [1.82, 2.24) is 10.3 Å². The third-order valence-corrected chi connectivity index (χ3v) is 3.37. The summed E-state index contributed by atoms with van der Waals surface area (Å²) in [6.45, 7) is 3.87. The van der Waals surface area contributed by atoms with Gasteiger partial charge in [0.25, 0.3) is 11.8 Å². The topological polar surface area (TPSA) is 80.3 Å². The molecule has 1 heterocycles. The van der Waals surface area contributed by atoms with Gasteiger partial charge in [0.15, 0.2) is 0 Å². The Morgan fingerprint density at radius 1 is 1.29 bits per heavy atom. The standard InChI is InChI=1S/C17H16ClN3O3/c1-3-7-20-16(22)11-6-8-19-14(9-11)17(23)21-12-4-5-15(24-2)13(18)10-12/h3-6,8-10H,1,7H2,2H3,(H,20,22)(H,21,23). The molecule has 1 aromatic carbocycles. The fourth-order valence-corrected chi connectivity index (χ4v) is 2.16. The van der Waals surface area contributed by atoms with Gasteiger partial charge in [-0.2, -0.15) is 0 Å². The third-order valence-electron chi connectivity index (χ3n) is 3.07. The van der Waals surface area contributed by atoms with Crippen LogP contribution in [0.3, 0.4) is 0 Å². The van der Waals surface area contributed by atoms with Crippen LogP contribution in [0.25, 0.3) is 0 Å². The zero-order valence-corrected chi connectivity index (χ0v) is 13.8. The van der Waals surface area contributed by atoms with E-state index in [0.717, 1.165) is 0 Å². The Balaban J connectivity index is 2.13. The first-order chi connectivity index (χ1) is 11.5. The number of amides is 2. The fraction of sp³-hybridized carbons (Fsp3) is 0.118. The van der Waals surface area contributed by atoms with Crippen molar-refractivity contribution in [3.8, 4) is 5.75 Å². The second kappa shape index (κ2) is 8.12. The van der Waals surface area contributed by atoms with Gasteiger partial charge in [0.2, 0.25) is 0 Å². The summed E-state index contributed by atoms with van der Waals surface area (Å²) in [5.74, 6) is -0.248. The maximum absolute atomic E-state index is 12.3. The van der Waals surface area contributed by atoms with Gasteiger partial charge in [0.05, 0.1) is 12.1 Å². The molecule has 0 radical (unpaired) electrons. The number of aromatic nitrogens is 1. The van der Waals surface area contributed by atoms with E-state index in [2.05, 4.69) is 22.2 Å². The molecule has 2 N–H and O–H groups in total. The molecule has 1 aromatic heterocycles. The maximum Gasteiger partial charge on any atom is 0.274 e. The average molecular weight is 346 g/mol. The molecule has 24 heavy (non-hydrogen) atoms. The molecule has 6 nitrogen and oxygen atoms in total. The number of ether oxygens (including phenoxy) is 1. The Bertz CT molecular complexity index is 777. The molecule has 0 saturated heterocycles. The molecule has 0 saturated carbocycles. The molecule has 0 aliphatic rings. The molecule has 124 valence electrons. The zero-order valence-electron chi connectivity index (χ0n) is 13.0. The number of hydrogen-bond acceptors (Lipinski definition) is 4. The van der Waals surface area contributed by atoms with Crippen LogP contribution in [-0.2, 0) is 0 Å². The van der Waals surface area contributed by atoms with Crippen LogP contribution >= 0.6 is 11.6 Å². The highest BCUT2D eigenvalue weighted by atomic mass is 35.5. The average Bonchev–Trinajstić information content (AvgIpc) is 2.60. The van der Waals surface area contributed by atoms with Gasteiger partial charge in [-0.05, 0) is 30.3 Å². The lowest BCUT2D eigenvalue weighted by molar-refractivity contribution is 0.0958. The number of benzene rings is 1. The van der Waals surface area contributed by atoms with Crippen LogP contribution in [0, 0.1) is 0 Å². The van der Waals surface area contributed by atoms with Crippen molar-refractivity contribution in [3.05, 3.63) is 65.5 Å². The highest BCUT2D eigenvalue weighted by molar-refractivity contribution is 6.32. The molecular formula is C17H16ClN3O3. The number of rotatable bonds is 6. The molecule has 0 fully saturated rings. The van der Waals surface area contributed by atoms with E-state index < -0.39 is 5.91 Å². The predicted octanol–water partition coefficient (Wildman–Crippen LogP) is 2.91. The number of carbonyl (C=O) groups excluding carboxylic acids is 2. The van der Waals surface area contributed by atoms with Gasteiger partial charge >= 0.3 is 0 Å². The van der Waals surface area contributed by atoms with Gasteiger partial charge in [0.1, 0.15) is 11.4 Å². The number of methoxy groups -OCH3 is 1. The quantitative estimate of drug-likeness (QED) is 0.789. The summed E-state index contributed by atoms with van der Waals surface area (Å²) in [5.41, 5.74) is 0.951. The summed E-state index contributed by atoms with van der Waals surface area (Å²) >= 11 is 6.02. The Hall–Kier alpha value is -2.86. The first kappa shape index (κ1) is 17.5. The summed E-state index contributed by atoms with van der Waals surface area (Å²) in [4.78, 5) is 28.2. The number of nitrogens with one attached hydrogen (secondary N) is 2. The van der Waals surface area contributed by atoms with Crippen LogP contribution in [0.1, 0.15) is 20.8 Å². The smallest absolute Gasteiger partial charge is 0.274 e. The normalized spacial score (nSPS) is 9.92. The van der Waals surface area contributed by atoms with E-state index in [9.17, 15) is 9.59 Å². The van der Waals surface area contributed by atoms with Crippen molar-refractivity contribution in [2.75, 3.05) is 19.0 Å². The largest absolute Gasteiger partial charge is 0.495 e. The van der Waals surface area contributed by atoms with Crippen LogP contribution < -0.4 is 15.4 Å². The molecule has 2 rings (SSSR count). The minimum Gasteiger partial charge on any atom is -0.495 e. The molecule has 0 aliphatic carbocycles. The molecule has 2 aromatic rings. The number of anilines is 1. The molecule has 0 spiro atoms. The van der Waals surface area contributed by atoms with Gasteiger partial charge < -0.3 is 15.4 Å². The summed E-state index contributed by atoms with van der Waals surface area (Å²) in [7, 11) is 1.51. The number of hydrogen-bond donors (Lipinski definition) is 2. The van der Waals surface area contributed by atoms with Gasteiger partial charge in [0, 0.05) is 24.0 Å². The van der Waals surface area contributed by atoms with Gasteiger partial charge in [-0.25, -0.2) is 0 Å². The van der Waals surface area contributed by atoms with E-state index >= 15 is 0 Å². The van der Waals surface area contributed by atoms with Crippen LogP contribution in [0.2, 0.25) is 5.02 Å². The van der Waals surface area contributed by atoms with Gasteiger partial charge in [-0.1, -0.05) is 17.7 Å². The Labute approximate surface area is 144 Å². The lowest BCUT2D eigenvalue weighted by atomic mass is 10.2. The minimum absolute atomic E-state index is 0.119. The number of halogens is 1. The van der Waals surface area contributed by atoms with Crippen molar-refractivity contribution in [1.29, 1.82) is 0 Å². The van der Waals surface area contributed by atoms with Gasteiger partial charge in [-0.3, -0.25) is 14.6 Å². The van der Waals surface area contributed by atoms with Crippen molar-refractivity contribution < 1.29 is 14.3 Å². The molecular weight excluding hydrogens is 330 g/mol. The Morgan fingerprint density at radius 2 is 2.08 bits per heavy atom.